The van der Waals surface area contributed by atoms with E-state index in [0.29, 0.717) is 41.2 Å². The van der Waals surface area contributed by atoms with E-state index in [0.717, 1.165) is 11.3 Å². The number of aliphatic imine (C=N–C) groups is 1. The number of benzene rings is 2. The molecule has 3 atom stereocenters. The summed E-state index contributed by atoms with van der Waals surface area (Å²) in [6.45, 7) is 2.23. The topological polar surface area (TPSA) is 83.4 Å². The van der Waals surface area contributed by atoms with Crippen LogP contribution in [0.4, 0.5) is 0 Å². The molecule has 0 aromatic heterocycles. The molecule has 4 rings (SSSR count). The number of Topliss-reactive ketones (excluding diaryl/α,β-unsaturated/α-hetero) is 1. The predicted molar refractivity (Wildman–Crippen MR) is 132 cm³/mol. The van der Waals surface area contributed by atoms with E-state index in [1.165, 1.54) is 0 Å². The zero-order chi connectivity index (χ0) is 24.9. The number of rotatable bonds is 8. The van der Waals surface area contributed by atoms with Crippen LogP contribution in [0.25, 0.3) is 0 Å². The van der Waals surface area contributed by atoms with Crippen LogP contribution in [0, 0.1) is 5.92 Å². The van der Waals surface area contributed by atoms with Crippen molar-refractivity contribution in [3.63, 3.8) is 0 Å². The molecular formula is C28H31NO6. The van der Waals surface area contributed by atoms with Crippen LogP contribution in [0.15, 0.2) is 64.8 Å². The molecule has 184 valence electrons. The lowest BCUT2D eigenvalue weighted by atomic mass is 9.69. The molecule has 0 bridgehead atoms. The number of allylic oxidation sites excluding steroid dienone is 2. The Morgan fingerprint density at radius 1 is 1.00 bits per heavy atom. The van der Waals surface area contributed by atoms with Crippen molar-refractivity contribution in [2.75, 3.05) is 34.5 Å². The third-order valence-corrected chi connectivity index (χ3v) is 6.72. The van der Waals surface area contributed by atoms with Gasteiger partial charge in [0.05, 0.1) is 20.8 Å². The van der Waals surface area contributed by atoms with Crippen molar-refractivity contribution in [2.24, 2.45) is 10.9 Å². The first-order valence-electron chi connectivity index (χ1n) is 11.7. The maximum Gasteiger partial charge on any atom is 0.315 e. The van der Waals surface area contributed by atoms with Crippen LogP contribution in [-0.2, 0) is 19.1 Å². The van der Waals surface area contributed by atoms with Gasteiger partial charge in [0.2, 0.25) is 0 Å². The van der Waals surface area contributed by atoms with Crippen molar-refractivity contribution in [3.05, 3.63) is 70.9 Å². The summed E-state index contributed by atoms with van der Waals surface area (Å²) in [5.41, 5.74) is 3.71. The van der Waals surface area contributed by atoms with Crippen LogP contribution in [0.3, 0.4) is 0 Å². The molecule has 1 unspecified atom stereocenters. The molecule has 0 saturated heterocycles. The van der Waals surface area contributed by atoms with E-state index in [2.05, 4.69) is 0 Å². The summed E-state index contributed by atoms with van der Waals surface area (Å²) in [5, 5.41) is 0. The van der Waals surface area contributed by atoms with Gasteiger partial charge in [-0.2, -0.15) is 0 Å². The first-order valence-corrected chi connectivity index (χ1v) is 11.7. The smallest absolute Gasteiger partial charge is 0.315 e. The summed E-state index contributed by atoms with van der Waals surface area (Å²) < 4.78 is 21.7. The molecule has 7 heteroatoms. The zero-order valence-electron chi connectivity index (χ0n) is 20.6. The Hall–Kier alpha value is -3.45. The minimum atomic E-state index is -0.760. The molecule has 0 amide bonds. The minimum absolute atomic E-state index is 0.0130. The average molecular weight is 478 g/mol. The molecular weight excluding hydrogens is 446 g/mol. The Morgan fingerprint density at radius 3 is 2.46 bits per heavy atom. The van der Waals surface area contributed by atoms with Gasteiger partial charge in [0.15, 0.2) is 5.78 Å². The Labute approximate surface area is 205 Å². The standard InChI is InChI=1S/C28H31NO6/c1-17-25(28(31)35-13-12-32-2)26(21-16-20(33-3)10-11-24(21)34-4)27-22(29-17)14-19(15-23(27)30)18-8-6-5-7-9-18/h5-11,16,19,25-26H,12-15H2,1-4H3/t19-,25?,26-/m1/s1. The third kappa shape index (κ3) is 5.00. The van der Waals surface area contributed by atoms with Gasteiger partial charge in [0, 0.05) is 42.0 Å². The highest BCUT2D eigenvalue weighted by Crippen LogP contribution is 2.49. The van der Waals surface area contributed by atoms with Gasteiger partial charge in [-0.1, -0.05) is 30.3 Å². The maximum atomic E-state index is 13.7. The lowest BCUT2D eigenvalue weighted by Gasteiger charge is -2.37. The van der Waals surface area contributed by atoms with E-state index in [9.17, 15) is 9.59 Å². The number of carbonyl (C=O) groups is 2. The van der Waals surface area contributed by atoms with Gasteiger partial charge >= 0.3 is 5.97 Å². The molecule has 0 spiro atoms. The van der Waals surface area contributed by atoms with Crippen LogP contribution in [0.2, 0.25) is 0 Å². The fraction of sp³-hybridized carbons (Fsp3) is 0.393. The third-order valence-electron chi connectivity index (χ3n) is 6.72. The summed E-state index contributed by atoms with van der Waals surface area (Å²) in [6.07, 6.45) is 0.974. The molecule has 0 saturated carbocycles. The molecule has 2 aromatic rings. The van der Waals surface area contributed by atoms with E-state index >= 15 is 0 Å². The second-order valence-corrected chi connectivity index (χ2v) is 8.78. The van der Waals surface area contributed by atoms with E-state index < -0.39 is 17.8 Å². The molecule has 2 aromatic carbocycles. The van der Waals surface area contributed by atoms with Gasteiger partial charge in [-0.05, 0) is 43.0 Å². The van der Waals surface area contributed by atoms with Crippen LogP contribution in [0.1, 0.15) is 42.7 Å². The number of hydrogen-bond acceptors (Lipinski definition) is 7. The van der Waals surface area contributed by atoms with E-state index in [4.69, 9.17) is 23.9 Å². The number of esters is 1. The van der Waals surface area contributed by atoms with Crippen molar-refractivity contribution in [2.45, 2.75) is 31.6 Å². The molecule has 1 aliphatic heterocycles. The lowest BCUT2D eigenvalue weighted by Crippen LogP contribution is -2.38. The quantitative estimate of drug-likeness (QED) is 0.412. The van der Waals surface area contributed by atoms with Gasteiger partial charge in [0.25, 0.3) is 0 Å². The van der Waals surface area contributed by atoms with E-state index in [1.54, 1.807) is 33.5 Å². The van der Waals surface area contributed by atoms with Gasteiger partial charge in [-0.3, -0.25) is 14.6 Å². The molecule has 0 radical (unpaired) electrons. The fourth-order valence-electron chi connectivity index (χ4n) is 5.06. The Bertz CT molecular complexity index is 1150. The van der Waals surface area contributed by atoms with E-state index in [1.807, 2.05) is 43.3 Å². The zero-order valence-corrected chi connectivity index (χ0v) is 20.6. The van der Waals surface area contributed by atoms with Gasteiger partial charge < -0.3 is 18.9 Å². The maximum absolute atomic E-state index is 13.7. The summed E-state index contributed by atoms with van der Waals surface area (Å²) in [7, 11) is 4.70. The monoisotopic (exact) mass is 477 g/mol. The molecule has 35 heavy (non-hydrogen) atoms. The fourth-order valence-corrected chi connectivity index (χ4v) is 5.06. The van der Waals surface area contributed by atoms with Crippen molar-refractivity contribution in [1.29, 1.82) is 0 Å². The van der Waals surface area contributed by atoms with E-state index in [-0.39, 0.29) is 24.9 Å². The van der Waals surface area contributed by atoms with Crippen molar-refractivity contribution in [1.82, 2.24) is 0 Å². The Morgan fingerprint density at radius 2 is 1.77 bits per heavy atom. The number of ether oxygens (including phenoxy) is 4. The number of nitrogens with zero attached hydrogens (tertiary/aromatic N) is 1. The molecule has 0 fully saturated rings. The molecule has 2 aliphatic rings. The predicted octanol–water partition coefficient (Wildman–Crippen LogP) is 4.47. The Balaban J connectivity index is 1.82. The van der Waals surface area contributed by atoms with Crippen molar-refractivity contribution >= 4 is 17.5 Å². The first-order chi connectivity index (χ1) is 17.0. The summed E-state index contributed by atoms with van der Waals surface area (Å²) >= 11 is 0. The molecule has 1 heterocycles. The summed E-state index contributed by atoms with van der Waals surface area (Å²) in [4.78, 5) is 31.8. The lowest BCUT2D eigenvalue weighted by molar-refractivity contribution is -0.147. The normalized spacial score (nSPS) is 21.8. The first kappa shape index (κ1) is 24.7. The average Bonchev–Trinajstić information content (AvgIpc) is 2.87. The molecule has 0 N–H and O–H groups in total. The number of methoxy groups -OCH3 is 3. The Kier molecular flexibility index (Phi) is 7.66. The van der Waals surface area contributed by atoms with Crippen molar-refractivity contribution < 1.29 is 28.5 Å². The second-order valence-electron chi connectivity index (χ2n) is 8.78. The summed E-state index contributed by atoms with van der Waals surface area (Å²) in [5.74, 6) is -0.582. The van der Waals surface area contributed by atoms with Gasteiger partial charge in [-0.15, -0.1) is 0 Å². The SMILES string of the molecule is COCCOC(=O)C1C(C)=NC2=C(C(=O)C[C@H](c3ccccc3)C2)[C@@H]1c1cc(OC)ccc1OC. The molecule has 7 nitrogen and oxygen atoms in total. The number of ketones is 1. The highest BCUT2D eigenvalue weighted by atomic mass is 16.6. The van der Waals surface area contributed by atoms with Crippen LogP contribution in [-0.4, -0.2) is 52.0 Å². The largest absolute Gasteiger partial charge is 0.497 e. The van der Waals surface area contributed by atoms with Crippen LogP contribution in [0.5, 0.6) is 11.5 Å². The van der Waals surface area contributed by atoms with Gasteiger partial charge in [0.1, 0.15) is 24.0 Å². The minimum Gasteiger partial charge on any atom is -0.497 e. The summed E-state index contributed by atoms with van der Waals surface area (Å²) in [6, 6.07) is 15.4. The van der Waals surface area contributed by atoms with Crippen LogP contribution < -0.4 is 9.47 Å². The van der Waals surface area contributed by atoms with Crippen molar-refractivity contribution in [3.8, 4) is 11.5 Å². The van der Waals surface area contributed by atoms with Gasteiger partial charge in [-0.25, -0.2) is 0 Å². The molecule has 1 aliphatic carbocycles. The highest BCUT2D eigenvalue weighted by Gasteiger charge is 2.45. The number of carbonyl (C=O) groups excluding carboxylic acids is 2. The number of hydrogen-bond donors (Lipinski definition) is 0. The second kappa shape index (κ2) is 10.9. The van der Waals surface area contributed by atoms with Crippen LogP contribution >= 0.6 is 0 Å². The highest BCUT2D eigenvalue weighted by molar-refractivity contribution is 6.09.